The van der Waals surface area contributed by atoms with E-state index in [9.17, 15) is 13.2 Å². The quantitative estimate of drug-likeness (QED) is 0.684. The van der Waals surface area contributed by atoms with Crippen LogP contribution in [-0.2, 0) is 0 Å². The van der Waals surface area contributed by atoms with Gasteiger partial charge < -0.3 is 10.1 Å². The Morgan fingerprint density at radius 2 is 2.17 bits per heavy atom. The number of aromatic nitrogens is 2. The second-order valence-electron chi connectivity index (χ2n) is 2.40. The van der Waals surface area contributed by atoms with Crippen LogP contribution in [0, 0.1) is 6.92 Å². The number of hydrogen-bond acceptors (Lipinski definition) is 2. The molecular formula is C6H7F3N2O. The lowest BCUT2D eigenvalue weighted by Gasteiger charge is -2.11. The first kappa shape index (κ1) is 9.05. The van der Waals surface area contributed by atoms with Crippen LogP contribution < -0.4 is 0 Å². The lowest BCUT2D eigenvalue weighted by molar-refractivity contribution is -0.209. The summed E-state index contributed by atoms with van der Waals surface area (Å²) >= 11 is 0. The SMILES string of the molecule is Cc1cnc(C(O)C(F)(F)F)[nH]1. The van der Waals surface area contributed by atoms with Gasteiger partial charge in [0, 0.05) is 11.9 Å². The Labute approximate surface area is 66.2 Å². The lowest BCUT2D eigenvalue weighted by Crippen LogP contribution is -2.21. The molecule has 1 aromatic rings. The van der Waals surface area contributed by atoms with Gasteiger partial charge in [0.1, 0.15) is 5.82 Å². The van der Waals surface area contributed by atoms with Gasteiger partial charge in [-0.05, 0) is 6.92 Å². The molecule has 0 aliphatic heterocycles. The van der Waals surface area contributed by atoms with Crippen LogP contribution in [0.1, 0.15) is 17.6 Å². The summed E-state index contributed by atoms with van der Waals surface area (Å²) in [5, 5.41) is 8.65. The average Bonchev–Trinajstić information content (AvgIpc) is 2.32. The van der Waals surface area contributed by atoms with Crippen LogP contribution in [0.15, 0.2) is 6.20 Å². The zero-order chi connectivity index (χ0) is 9.35. The van der Waals surface area contributed by atoms with E-state index in [1.54, 1.807) is 6.92 Å². The minimum Gasteiger partial charge on any atom is -0.377 e. The number of hydrogen-bond donors (Lipinski definition) is 2. The highest BCUT2D eigenvalue weighted by molar-refractivity contribution is 5.02. The normalized spacial score (nSPS) is 14.8. The number of alkyl halides is 3. The van der Waals surface area contributed by atoms with Gasteiger partial charge in [-0.25, -0.2) is 4.98 Å². The molecule has 0 spiro atoms. The fraction of sp³-hybridized carbons (Fsp3) is 0.500. The van der Waals surface area contributed by atoms with E-state index in [1.165, 1.54) is 6.20 Å². The van der Waals surface area contributed by atoms with Crippen LogP contribution in [-0.4, -0.2) is 21.3 Å². The Bertz CT molecular complexity index is 268. The first-order chi connectivity index (χ1) is 5.41. The minimum atomic E-state index is -4.66. The van der Waals surface area contributed by atoms with Crippen molar-refractivity contribution in [3.8, 4) is 0 Å². The van der Waals surface area contributed by atoms with Crippen molar-refractivity contribution < 1.29 is 18.3 Å². The molecule has 1 rings (SSSR count). The molecule has 3 nitrogen and oxygen atoms in total. The number of imidazole rings is 1. The summed E-state index contributed by atoms with van der Waals surface area (Å²) in [6.07, 6.45) is -5.96. The Balaban J connectivity index is 2.85. The third kappa shape index (κ3) is 1.76. The van der Waals surface area contributed by atoms with Gasteiger partial charge in [0.15, 0.2) is 0 Å². The first-order valence-electron chi connectivity index (χ1n) is 3.17. The van der Waals surface area contributed by atoms with E-state index in [0.717, 1.165) is 0 Å². The van der Waals surface area contributed by atoms with Crippen LogP contribution in [0.5, 0.6) is 0 Å². The highest BCUT2D eigenvalue weighted by Crippen LogP contribution is 2.30. The van der Waals surface area contributed by atoms with Gasteiger partial charge in [0.2, 0.25) is 6.10 Å². The molecule has 1 aromatic heterocycles. The molecule has 0 aliphatic rings. The van der Waals surface area contributed by atoms with Crippen LogP contribution in [0.2, 0.25) is 0 Å². The smallest absolute Gasteiger partial charge is 0.377 e. The van der Waals surface area contributed by atoms with Gasteiger partial charge in [0.05, 0.1) is 0 Å². The third-order valence-corrected chi connectivity index (χ3v) is 1.29. The number of aliphatic hydroxyl groups is 1. The Morgan fingerprint density at radius 1 is 1.58 bits per heavy atom. The Morgan fingerprint density at radius 3 is 2.50 bits per heavy atom. The van der Waals surface area contributed by atoms with Crippen molar-refractivity contribution in [3.63, 3.8) is 0 Å². The number of nitrogens with zero attached hydrogens (tertiary/aromatic N) is 1. The Hall–Kier alpha value is -1.04. The van der Waals surface area contributed by atoms with Crippen LogP contribution in [0.4, 0.5) is 13.2 Å². The number of aliphatic hydroxyl groups excluding tert-OH is 1. The second-order valence-corrected chi connectivity index (χ2v) is 2.40. The van der Waals surface area contributed by atoms with Gasteiger partial charge in [-0.3, -0.25) is 0 Å². The molecule has 0 saturated heterocycles. The number of aromatic amines is 1. The summed E-state index contributed by atoms with van der Waals surface area (Å²) in [7, 11) is 0. The van der Waals surface area contributed by atoms with Crippen LogP contribution >= 0.6 is 0 Å². The zero-order valence-electron chi connectivity index (χ0n) is 6.18. The predicted octanol–water partition coefficient (Wildman–Crippen LogP) is 1.31. The topological polar surface area (TPSA) is 48.9 Å². The maximum Gasteiger partial charge on any atom is 0.421 e. The summed E-state index contributed by atoms with van der Waals surface area (Å²) in [4.78, 5) is 5.66. The summed E-state index contributed by atoms with van der Waals surface area (Å²) in [5.41, 5.74) is 0.480. The summed E-state index contributed by atoms with van der Waals surface area (Å²) in [6.45, 7) is 1.56. The van der Waals surface area contributed by atoms with E-state index in [-0.39, 0.29) is 0 Å². The molecule has 1 heterocycles. The highest BCUT2D eigenvalue weighted by Gasteiger charge is 2.41. The Kier molecular flexibility index (Phi) is 2.10. The van der Waals surface area contributed by atoms with Crippen molar-refractivity contribution in [2.75, 3.05) is 0 Å². The van der Waals surface area contributed by atoms with E-state index < -0.39 is 18.1 Å². The van der Waals surface area contributed by atoms with Crippen molar-refractivity contribution in [1.82, 2.24) is 9.97 Å². The van der Waals surface area contributed by atoms with Gasteiger partial charge in [-0.15, -0.1) is 0 Å². The number of aryl methyl sites for hydroxylation is 1. The molecule has 68 valence electrons. The van der Waals surface area contributed by atoms with E-state index in [0.29, 0.717) is 5.69 Å². The van der Waals surface area contributed by atoms with E-state index in [2.05, 4.69) is 9.97 Å². The molecule has 2 N–H and O–H groups in total. The monoisotopic (exact) mass is 180 g/mol. The van der Waals surface area contributed by atoms with Crippen molar-refractivity contribution in [2.45, 2.75) is 19.2 Å². The van der Waals surface area contributed by atoms with Gasteiger partial charge in [-0.1, -0.05) is 0 Å². The summed E-state index contributed by atoms with van der Waals surface area (Å²) < 4.78 is 35.5. The molecule has 0 aliphatic carbocycles. The molecule has 0 fully saturated rings. The number of nitrogens with one attached hydrogen (secondary N) is 1. The van der Waals surface area contributed by atoms with Crippen molar-refractivity contribution in [2.24, 2.45) is 0 Å². The number of halogens is 3. The molecule has 1 unspecified atom stereocenters. The highest BCUT2D eigenvalue weighted by atomic mass is 19.4. The fourth-order valence-corrected chi connectivity index (χ4v) is 0.727. The van der Waals surface area contributed by atoms with Gasteiger partial charge in [0.25, 0.3) is 0 Å². The zero-order valence-corrected chi connectivity index (χ0v) is 6.18. The van der Waals surface area contributed by atoms with Gasteiger partial charge >= 0.3 is 6.18 Å². The van der Waals surface area contributed by atoms with E-state index in [1.807, 2.05) is 0 Å². The summed E-state index contributed by atoms with van der Waals surface area (Å²) in [5.74, 6) is -0.472. The molecular weight excluding hydrogens is 173 g/mol. The molecule has 0 radical (unpaired) electrons. The molecule has 0 saturated carbocycles. The van der Waals surface area contributed by atoms with E-state index >= 15 is 0 Å². The van der Waals surface area contributed by atoms with Crippen LogP contribution in [0.3, 0.4) is 0 Å². The van der Waals surface area contributed by atoms with Crippen LogP contribution in [0.25, 0.3) is 0 Å². The largest absolute Gasteiger partial charge is 0.421 e. The number of H-pyrrole nitrogens is 1. The fourth-order valence-electron chi connectivity index (χ4n) is 0.727. The first-order valence-corrected chi connectivity index (χ1v) is 3.17. The molecule has 12 heavy (non-hydrogen) atoms. The van der Waals surface area contributed by atoms with Crippen molar-refractivity contribution in [3.05, 3.63) is 17.7 Å². The third-order valence-electron chi connectivity index (χ3n) is 1.29. The predicted molar refractivity (Wildman–Crippen MR) is 34.3 cm³/mol. The molecule has 6 heteroatoms. The number of rotatable bonds is 1. The average molecular weight is 180 g/mol. The molecule has 0 amide bonds. The molecule has 0 aromatic carbocycles. The van der Waals surface area contributed by atoms with Crippen molar-refractivity contribution >= 4 is 0 Å². The summed E-state index contributed by atoms with van der Waals surface area (Å²) in [6, 6.07) is 0. The minimum absolute atomic E-state index is 0.472. The molecule has 1 atom stereocenters. The lowest BCUT2D eigenvalue weighted by atomic mass is 10.3. The van der Waals surface area contributed by atoms with Gasteiger partial charge in [-0.2, -0.15) is 13.2 Å². The standard InChI is InChI=1S/C6H7F3N2O/c1-3-2-10-5(11-3)4(12)6(7,8)9/h2,4,12H,1H3,(H,10,11). The second kappa shape index (κ2) is 2.78. The maximum atomic E-state index is 11.8. The maximum absolute atomic E-state index is 11.8. The van der Waals surface area contributed by atoms with E-state index in [4.69, 9.17) is 5.11 Å². The molecule has 0 bridgehead atoms. The van der Waals surface area contributed by atoms with Crippen molar-refractivity contribution in [1.29, 1.82) is 0 Å².